The molecule has 0 radical (unpaired) electrons. The standard InChI is InChI=1S/C19H30O6SSi/c1-14-7-9-17(10-8-14)26(21,22)23-13-16-11-15(12-18(20)24-16)25-27(5,6)19(2,3)4/h7-10,15-16H,11-13H2,1-6H3/t15?,16-/m0/s1. The van der Waals surface area contributed by atoms with Crippen LogP contribution in [0.5, 0.6) is 0 Å². The lowest BCUT2D eigenvalue weighted by Gasteiger charge is -2.41. The second kappa shape index (κ2) is 8.03. The van der Waals surface area contributed by atoms with Gasteiger partial charge in [0.05, 0.1) is 17.4 Å². The van der Waals surface area contributed by atoms with E-state index in [1.54, 1.807) is 12.1 Å². The third kappa shape index (κ3) is 5.87. The molecule has 1 aromatic carbocycles. The quantitative estimate of drug-likeness (QED) is 0.400. The average Bonchev–Trinajstić information content (AvgIpc) is 2.51. The van der Waals surface area contributed by atoms with Crippen molar-refractivity contribution in [2.75, 3.05) is 6.61 Å². The summed E-state index contributed by atoms with van der Waals surface area (Å²) in [4.78, 5) is 12.0. The molecule has 1 aromatic rings. The van der Waals surface area contributed by atoms with Gasteiger partial charge in [-0.25, -0.2) is 0 Å². The molecule has 0 aliphatic carbocycles. The Bertz CT molecular complexity index is 764. The van der Waals surface area contributed by atoms with Crippen molar-refractivity contribution < 1.29 is 26.6 Å². The minimum atomic E-state index is -3.89. The van der Waals surface area contributed by atoms with Crippen molar-refractivity contribution >= 4 is 24.4 Å². The molecule has 8 heteroatoms. The van der Waals surface area contributed by atoms with Crippen LogP contribution in [0.3, 0.4) is 0 Å². The van der Waals surface area contributed by atoms with Gasteiger partial charge in [-0.1, -0.05) is 38.5 Å². The molecule has 0 aromatic heterocycles. The highest BCUT2D eigenvalue weighted by Gasteiger charge is 2.41. The Morgan fingerprint density at radius 3 is 2.33 bits per heavy atom. The smallest absolute Gasteiger partial charge is 0.308 e. The van der Waals surface area contributed by atoms with E-state index in [2.05, 4.69) is 33.9 Å². The summed E-state index contributed by atoms with van der Waals surface area (Å²) in [5.41, 5.74) is 0.959. The van der Waals surface area contributed by atoms with Crippen LogP contribution in [-0.4, -0.2) is 41.5 Å². The second-order valence-electron chi connectivity index (χ2n) is 8.60. The first-order valence-electron chi connectivity index (χ1n) is 9.13. The van der Waals surface area contributed by atoms with Gasteiger partial charge in [0.15, 0.2) is 8.32 Å². The van der Waals surface area contributed by atoms with Crippen molar-refractivity contribution in [2.24, 2.45) is 0 Å². The summed E-state index contributed by atoms with van der Waals surface area (Å²) in [6.07, 6.45) is -0.292. The van der Waals surface area contributed by atoms with Gasteiger partial charge in [-0.3, -0.25) is 8.98 Å². The van der Waals surface area contributed by atoms with Gasteiger partial charge < -0.3 is 9.16 Å². The van der Waals surface area contributed by atoms with Crippen LogP contribution >= 0.6 is 0 Å². The van der Waals surface area contributed by atoms with Gasteiger partial charge in [0.2, 0.25) is 0 Å². The number of aryl methyl sites for hydroxylation is 1. The van der Waals surface area contributed by atoms with Gasteiger partial charge >= 0.3 is 5.97 Å². The molecule has 0 saturated carbocycles. The molecule has 0 bridgehead atoms. The molecule has 0 N–H and O–H groups in total. The summed E-state index contributed by atoms with van der Waals surface area (Å²) in [5.74, 6) is -0.383. The number of esters is 1. The van der Waals surface area contributed by atoms with E-state index in [4.69, 9.17) is 13.3 Å². The zero-order valence-corrected chi connectivity index (χ0v) is 18.8. The minimum Gasteiger partial charge on any atom is -0.460 e. The molecule has 152 valence electrons. The molecule has 1 fully saturated rings. The number of carbonyl (C=O) groups excluding carboxylic acids is 1. The summed E-state index contributed by atoms with van der Waals surface area (Å²) in [6.45, 7) is 12.3. The Morgan fingerprint density at radius 2 is 1.78 bits per heavy atom. The van der Waals surface area contributed by atoms with Gasteiger partial charge in [0.1, 0.15) is 12.7 Å². The van der Waals surface area contributed by atoms with Gasteiger partial charge in [-0.05, 0) is 37.2 Å². The number of ether oxygens (including phenoxy) is 1. The Labute approximate surface area is 163 Å². The first-order valence-corrected chi connectivity index (χ1v) is 13.5. The molecular formula is C19H30O6SSi. The summed E-state index contributed by atoms with van der Waals surface area (Å²) in [7, 11) is -5.93. The molecule has 1 aliphatic rings. The lowest BCUT2D eigenvalue weighted by atomic mass is 10.1. The second-order valence-corrected chi connectivity index (χ2v) is 15.0. The van der Waals surface area contributed by atoms with E-state index >= 15 is 0 Å². The molecule has 1 aliphatic heterocycles. The fourth-order valence-electron chi connectivity index (χ4n) is 2.57. The molecule has 2 rings (SSSR count). The van der Waals surface area contributed by atoms with Crippen molar-refractivity contribution in [2.45, 2.75) is 75.8 Å². The topological polar surface area (TPSA) is 78.9 Å². The van der Waals surface area contributed by atoms with Crippen LogP contribution in [0.4, 0.5) is 0 Å². The summed E-state index contributed by atoms with van der Waals surface area (Å²) in [6, 6.07) is 6.42. The first-order chi connectivity index (χ1) is 12.3. The predicted molar refractivity (Wildman–Crippen MR) is 106 cm³/mol. The SMILES string of the molecule is Cc1ccc(S(=O)(=O)OC[C@@H]2CC(O[Si](C)(C)C(C)(C)C)CC(=O)O2)cc1. The largest absolute Gasteiger partial charge is 0.460 e. The number of rotatable bonds is 6. The van der Waals surface area contributed by atoms with E-state index in [1.807, 2.05) is 6.92 Å². The number of benzene rings is 1. The Balaban J connectivity index is 2.00. The summed E-state index contributed by atoms with van der Waals surface area (Å²) >= 11 is 0. The average molecular weight is 415 g/mol. The van der Waals surface area contributed by atoms with Crippen LogP contribution in [0.1, 0.15) is 39.2 Å². The maximum absolute atomic E-state index is 12.3. The highest BCUT2D eigenvalue weighted by atomic mass is 32.2. The normalized spacial score (nSPS) is 21.8. The van der Waals surface area contributed by atoms with Crippen molar-refractivity contribution in [1.82, 2.24) is 0 Å². The van der Waals surface area contributed by atoms with Crippen molar-refractivity contribution in [3.63, 3.8) is 0 Å². The van der Waals surface area contributed by atoms with Crippen LogP contribution in [0.2, 0.25) is 18.1 Å². The van der Waals surface area contributed by atoms with Crippen molar-refractivity contribution in [3.05, 3.63) is 29.8 Å². The fourth-order valence-corrected chi connectivity index (χ4v) is 4.87. The maximum atomic E-state index is 12.3. The lowest BCUT2D eigenvalue weighted by molar-refractivity contribution is -0.161. The third-order valence-electron chi connectivity index (χ3n) is 5.20. The number of carbonyl (C=O) groups is 1. The molecular weight excluding hydrogens is 384 g/mol. The van der Waals surface area contributed by atoms with Gasteiger partial charge in [0, 0.05) is 6.42 Å². The zero-order valence-electron chi connectivity index (χ0n) is 16.9. The lowest BCUT2D eigenvalue weighted by Crippen LogP contribution is -2.47. The van der Waals surface area contributed by atoms with E-state index in [-0.39, 0.29) is 35.0 Å². The van der Waals surface area contributed by atoms with Gasteiger partial charge in [-0.2, -0.15) is 8.42 Å². The minimum absolute atomic E-state index is 0.0229. The van der Waals surface area contributed by atoms with Crippen molar-refractivity contribution in [3.8, 4) is 0 Å². The number of hydrogen-bond donors (Lipinski definition) is 0. The van der Waals surface area contributed by atoms with Crippen LogP contribution in [0, 0.1) is 6.92 Å². The number of cyclic esters (lactones) is 1. The zero-order chi connectivity index (χ0) is 20.5. The molecule has 6 nitrogen and oxygen atoms in total. The van der Waals surface area contributed by atoms with E-state index in [0.29, 0.717) is 6.42 Å². The highest BCUT2D eigenvalue weighted by Crippen LogP contribution is 2.38. The molecule has 0 amide bonds. The third-order valence-corrected chi connectivity index (χ3v) is 11.0. The fraction of sp³-hybridized carbons (Fsp3) is 0.632. The predicted octanol–water partition coefficient (Wildman–Crippen LogP) is 3.80. The van der Waals surface area contributed by atoms with Crippen LogP contribution < -0.4 is 0 Å². The monoisotopic (exact) mass is 414 g/mol. The number of hydrogen-bond acceptors (Lipinski definition) is 6. The van der Waals surface area contributed by atoms with E-state index in [9.17, 15) is 13.2 Å². The van der Waals surface area contributed by atoms with Gasteiger partial charge in [0.25, 0.3) is 10.1 Å². The Morgan fingerprint density at radius 1 is 1.19 bits per heavy atom. The molecule has 1 unspecified atom stereocenters. The summed E-state index contributed by atoms with van der Waals surface area (Å²) < 4.78 is 41.4. The van der Waals surface area contributed by atoms with E-state index in [1.165, 1.54) is 12.1 Å². The van der Waals surface area contributed by atoms with E-state index in [0.717, 1.165) is 5.56 Å². The molecule has 1 heterocycles. The summed E-state index contributed by atoms with van der Waals surface area (Å²) in [5, 5.41) is 0.0229. The molecule has 27 heavy (non-hydrogen) atoms. The van der Waals surface area contributed by atoms with Gasteiger partial charge in [-0.15, -0.1) is 0 Å². The van der Waals surface area contributed by atoms with Crippen LogP contribution in [0.15, 0.2) is 29.2 Å². The van der Waals surface area contributed by atoms with E-state index < -0.39 is 24.5 Å². The Hall–Kier alpha value is -1.22. The molecule has 0 spiro atoms. The molecule has 2 atom stereocenters. The van der Waals surface area contributed by atoms with Crippen molar-refractivity contribution in [1.29, 1.82) is 0 Å². The van der Waals surface area contributed by atoms with Crippen LogP contribution in [0.25, 0.3) is 0 Å². The first kappa shape index (κ1) is 22.1. The van der Waals surface area contributed by atoms with Crippen LogP contribution in [-0.2, 0) is 28.3 Å². The molecule has 1 saturated heterocycles. The Kier molecular flexibility index (Phi) is 6.56. The highest BCUT2D eigenvalue weighted by molar-refractivity contribution is 7.86. The maximum Gasteiger partial charge on any atom is 0.308 e.